The summed E-state index contributed by atoms with van der Waals surface area (Å²) in [6, 6.07) is 0. The van der Waals surface area contributed by atoms with E-state index < -0.39 is 0 Å². The van der Waals surface area contributed by atoms with Crippen molar-refractivity contribution in [1.29, 1.82) is 0 Å². The molecular weight excluding hydrogens is 302 g/mol. The summed E-state index contributed by atoms with van der Waals surface area (Å²) in [5.41, 5.74) is 0. The van der Waals surface area contributed by atoms with Crippen molar-refractivity contribution in [3.63, 3.8) is 0 Å². The van der Waals surface area contributed by atoms with Crippen LogP contribution in [0.5, 0.6) is 0 Å². The topological polar surface area (TPSA) is 57.8 Å². The predicted molar refractivity (Wildman–Crippen MR) is 21.1 cm³/mol. The molecule has 0 rings (SSSR count). The van der Waals surface area contributed by atoms with Gasteiger partial charge < -0.3 is 5.48 Å². The molecule has 3 radical (unpaired) electrons. The summed E-state index contributed by atoms with van der Waals surface area (Å²) in [6.45, 7) is 1.40. The molecule has 3 nitrogen and oxygen atoms in total. The van der Waals surface area contributed by atoms with Crippen LogP contribution in [0.25, 0.3) is 0 Å². The summed E-state index contributed by atoms with van der Waals surface area (Å²) < 4.78 is 4.25. The van der Waals surface area contributed by atoms with Gasteiger partial charge in [-0.25, -0.2) is 0 Å². The number of carbonyl (C=O) groups is 1. The molecule has 7 heavy (non-hydrogen) atoms. The third-order valence-corrected chi connectivity index (χ3v) is 1.26. The SMILES string of the molecule is CC(=O)[O][Pb].O.[Na+]. The Bertz CT molecular complexity index is 48.2. The van der Waals surface area contributed by atoms with Crippen molar-refractivity contribution >= 4 is 32.2 Å². The smallest absolute Gasteiger partial charge is 0.412 e. The molecule has 0 unspecified atom stereocenters. The molecule has 0 aromatic rings. The standard InChI is InChI=1S/C2H4O2.Na.H2O.Pb/c1-2(3)4;;;/h1H3,(H,3,4);;1H2;/q;+1;;+1/p-1. The number of hydrogen-bond acceptors (Lipinski definition) is 2. The molecule has 0 bridgehead atoms. The first kappa shape index (κ1) is 15.8. The molecule has 0 fully saturated rings. The average Bonchev–Trinajstić information content (AvgIpc) is 1.38. The van der Waals surface area contributed by atoms with E-state index in [1.807, 2.05) is 0 Å². The molecule has 0 saturated carbocycles. The summed E-state index contributed by atoms with van der Waals surface area (Å²) in [5.74, 6) is -0.184. The fourth-order valence-corrected chi connectivity index (χ4v) is 0. The van der Waals surface area contributed by atoms with Crippen molar-refractivity contribution in [2.75, 3.05) is 0 Å². The van der Waals surface area contributed by atoms with E-state index in [9.17, 15) is 4.79 Å². The van der Waals surface area contributed by atoms with E-state index in [1.165, 1.54) is 6.92 Å². The Morgan fingerprint density at radius 2 is 1.86 bits per heavy atom. The minimum atomic E-state index is -0.184. The van der Waals surface area contributed by atoms with Crippen molar-refractivity contribution in [2.45, 2.75) is 6.92 Å². The molecule has 2 N–H and O–H groups in total. The molecule has 35 valence electrons. The van der Waals surface area contributed by atoms with Crippen LogP contribution in [0.15, 0.2) is 0 Å². The van der Waals surface area contributed by atoms with Gasteiger partial charge in [-0.15, -0.1) is 0 Å². The Labute approximate surface area is 80.7 Å². The third-order valence-electron chi connectivity index (χ3n) is 0.144. The molecule has 0 aromatic heterocycles. The van der Waals surface area contributed by atoms with E-state index >= 15 is 0 Å². The van der Waals surface area contributed by atoms with Crippen LogP contribution < -0.4 is 29.6 Å². The molecular formula is C2H5NaO3Pb+. The van der Waals surface area contributed by atoms with Crippen molar-refractivity contribution in [2.24, 2.45) is 0 Å². The fraction of sp³-hybridized carbons (Fsp3) is 0.500. The maximum atomic E-state index is 9.62. The minimum Gasteiger partial charge on any atom is -0.412 e. The van der Waals surface area contributed by atoms with Crippen LogP contribution in [-0.4, -0.2) is 37.7 Å². The monoisotopic (exact) mass is 308 g/mol. The van der Waals surface area contributed by atoms with E-state index in [-0.39, 0.29) is 41.0 Å². The van der Waals surface area contributed by atoms with Crippen LogP contribution in [0.2, 0.25) is 0 Å². The molecule has 0 aliphatic carbocycles. The molecule has 0 spiro atoms. The third kappa shape index (κ3) is 18.7. The zero-order valence-corrected chi connectivity index (χ0v) is 10.2. The summed E-state index contributed by atoms with van der Waals surface area (Å²) in [5, 5.41) is 0. The van der Waals surface area contributed by atoms with Crippen LogP contribution in [0.4, 0.5) is 0 Å². The van der Waals surface area contributed by atoms with Gasteiger partial charge in [0.15, 0.2) is 0 Å². The first-order chi connectivity index (χ1) is 2.27. The summed E-state index contributed by atoms with van der Waals surface area (Å²) in [7, 11) is 0. The molecule has 0 aromatic carbocycles. The van der Waals surface area contributed by atoms with Gasteiger partial charge in [-0.05, 0) is 0 Å². The van der Waals surface area contributed by atoms with Gasteiger partial charge in [0.05, 0.1) is 0 Å². The number of hydrogen-bond donors (Lipinski definition) is 0. The Morgan fingerprint density at radius 1 is 1.71 bits per heavy atom. The van der Waals surface area contributed by atoms with Crippen LogP contribution in [0, 0.1) is 0 Å². The quantitative estimate of drug-likeness (QED) is 0.426. The van der Waals surface area contributed by atoms with E-state index in [1.54, 1.807) is 0 Å². The van der Waals surface area contributed by atoms with Gasteiger partial charge in [-0.2, -0.15) is 0 Å². The maximum absolute atomic E-state index is 9.62. The maximum Gasteiger partial charge on any atom is 1.00 e. The molecule has 0 aliphatic heterocycles. The van der Waals surface area contributed by atoms with E-state index in [4.69, 9.17) is 0 Å². The Balaban J connectivity index is -0.0000000800. The van der Waals surface area contributed by atoms with Gasteiger partial charge >= 0.3 is 76.2 Å². The van der Waals surface area contributed by atoms with Crippen molar-refractivity contribution in [3.8, 4) is 0 Å². The first-order valence-electron chi connectivity index (χ1n) is 1.11. The zero-order valence-electron chi connectivity index (χ0n) is 4.32. The summed E-state index contributed by atoms with van der Waals surface area (Å²) >= 11 is 0.524. The van der Waals surface area contributed by atoms with Crippen LogP contribution in [0.1, 0.15) is 6.92 Å². The van der Waals surface area contributed by atoms with Gasteiger partial charge in [0, 0.05) is 0 Å². The summed E-state index contributed by atoms with van der Waals surface area (Å²) in [6.07, 6.45) is 0. The normalized spacial score (nSPS) is 4.86. The van der Waals surface area contributed by atoms with Crippen molar-refractivity contribution < 1.29 is 42.5 Å². The molecule has 0 aliphatic rings. The van der Waals surface area contributed by atoms with Gasteiger partial charge in [-0.3, -0.25) is 0 Å². The second-order valence-electron chi connectivity index (χ2n) is 0.594. The first-order valence-corrected chi connectivity index (χ1v) is 2.70. The van der Waals surface area contributed by atoms with E-state index in [0.29, 0.717) is 26.2 Å². The predicted octanol–water partition coefficient (Wildman–Crippen LogP) is -4.19. The number of carbonyl (C=O) groups excluding carboxylic acids is 1. The van der Waals surface area contributed by atoms with Gasteiger partial charge in [0.1, 0.15) is 0 Å². The second-order valence-corrected chi connectivity index (χ2v) is 1.39. The van der Waals surface area contributed by atoms with Crippen molar-refractivity contribution in [1.82, 2.24) is 0 Å². The minimum absolute atomic E-state index is 0. The van der Waals surface area contributed by atoms with Gasteiger partial charge in [-0.1, -0.05) is 0 Å². The Kier molecular flexibility index (Phi) is 23.3. The largest absolute Gasteiger partial charge is 1.00 e. The molecule has 5 heteroatoms. The molecule has 0 heterocycles. The van der Waals surface area contributed by atoms with Crippen LogP contribution in [-0.2, 0) is 7.48 Å². The van der Waals surface area contributed by atoms with Gasteiger partial charge in [0.2, 0.25) is 0 Å². The summed E-state index contributed by atoms with van der Waals surface area (Å²) in [4.78, 5) is 9.62. The molecule has 0 atom stereocenters. The Hall–Kier alpha value is 1.35. The second kappa shape index (κ2) is 10.4. The average molecular weight is 307 g/mol. The Morgan fingerprint density at radius 3 is 1.86 bits per heavy atom. The van der Waals surface area contributed by atoms with E-state index in [2.05, 4.69) is 2.69 Å². The molecule has 0 saturated heterocycles. The van der Waals surface area contributed by atoms with E-state index in [0.717, 1.165) is 0 Å². The zero-order chi connectivity index (χ0) is 4.28. The van der Waals surface area contributed by atoms with Crippen LogP contribution in [0.3, 0.4) is 0 Å². The van der Waals surface area contributed by atoms with Gasteiger partial charge in [0.25, 0.3) is 0 Å². The van der Waals surface area contributed by atoms with Crippen LogP contribution >= 0.6 is 0 Å². The number of rotatable bonds is 0. The molecule has 0 amide bonds. The van der Waals surface area contributed by atoms with Crippen molar-refractivity contribution in [3.05, 3.63) is 0 Å². The fourth-order valence-electron chi connectivity index (χ4n) is 0.